The van der Waals surface area contributed by atoms with Gasteiger partial charge in [0.25, 0.3) is 5.91 Å². The average Bonchev–Trinajstić information content (AvgIpc) is 2.80. The second kappa shape index (κ2) is 7.45. The van der Waals surface area contributed by atoms with Gasteiger partial charge in [0.15, 0.2) is 6.79 Å². The van der Waals surface area contributed by atoms with Gasteiger partial charge in [-0.2, -0.15) is 0 Å². The van der Waals surface area contributed by atoms with Crippen LogP contribution in [0.1, 0.15) is 27.7 Å². The first-order chi connectivity index (χ1) is 13.2. The van der Waals surface area contributed by atoms with Crippen LogP contribution in [0.2, 0.25) is 0 Å². The van der Waals surface area contributed by atoms with Crippen molar-refractivity contribution < 1.29 is 24.2 Å². The lowest BCUT2D eigenvalue weighted by atomic mass is 9.74. The molecule has 1 aliphatic heterocycles. The SMILES string of the molecule is COCON1C(=O)C(C2C(C)=CC=CC2(C)Oc2ccccc2)=C(O)C1(C)C. The Morgan fingerprint density at radius 2 is 1.86 bits per heavy atom. The van der Waals surface area contributed by atoms with Gasteiger partial charge < -0.3 is 14.6 Å². The van der Waals surface area contributed by atoms with Crippen molar-refractivity contribution in [2.75, 3.05) is 13.9 Å². The first kappa shape index (κ1) is 20.2. The van der Waals surface area contributed by atoms with E-state index in [9.17, 15) is 9.90 Å². The summed E-state index contributed by atoms with van der Waals surface area (Å²) in [6.07, 6.45) is 5.76. The van der Waals surface area contributed by atoms with E-state index in [4.69, 9.17) is 14.3 Å². The second-order valence-corrected chi connectivity index (χ2v) is 7.76. The Labute approximate surface area is 165 Å². The lowest BCUT2D eigenvalue weighted by Crippen LogP contribution is -2.46. The maximum Gasteiger partial charge on any atom is 0.278 e. The molecule has 0 saturated carbocycles. The number of carbonyl (C=O) groups excluding carboxylic acids is 1. The highest BCUT2D eigenvalue weighted by atomic mass is 16.8. The topological polar surface area (TPSA) is 68.2 Å². The Morgan fingerprint density at radius 1 is 1.18 bits per heavy atom. The highest BCUT2D eigenvalue weighted by Crippen LogP contribution is 2.46. The van der Waals surface area contributed by atoms with E-state index < -0.39 is 23.0 Å². The van der Waals surface area contributed by atoms with E-state index in [0.29, 0.717) is 5.75 Å². The summed E-state index contributed by atoms with van der Waals surface area (Å²) in [6.45, 7) is 7.22. The third-order valence-corrected chi connectivity index (χ3v) is 5.24. The molecule has 1 aromatic carbocycles. The Morgan fingerprint density at radius 3 is 2.50 bits per heavy atom. The molecule has 2 unspecified atom stereocenters. The summed E-state index contributed by atoms with van der Waals surface area (Å²) in [7, 11) is 1.48. The van der Waals surface area contributed by atoms with Gasteiger partial charge in [-0.1, -0.05) is 35.9 Å². The van der Waals surface area contributed by atoms with Crippen LogP contribution in [0, 0.1) is 5.92 Å². The van der Waals surface area contributed by atoms with E-state index >= 15 is 0 Å². The molecular formula is C22H27NO5. The minimum Gasteiger partial charge on any atom is -0.509 e. The normalized spacial score (nSPS) is 26.6. The maximum atomic E-state index is 13.2. The van der Waals surface area contributed by atoms with Gasteiger partial charge >= 0.3 is 0 Å². The number of hydrogen-bond acceptors (Lipinski definition) is 5. The number of benzene rings is 1. The molecule has 0 radical (unpaired) electrons. The van der Waals surface area contributed by atoms with Gasteiger partial charge in [-0.25, -0.2) is 9.90 Å². The minimum atomic E-state index is -1.01. The van der Waals surface area contributed by atoms with Crippen LogP contribution in [0.5, 0.6) is 5.75 Å². The van der Waals surface area contributed by atoms with Gasteiger partial charge in [-0.3, -0.25) is 4.79 Å². The molecule has 1 heterocycles. The summed E-state index contributed by atoms with van der Waals surface area (Å²) in [6, 6.07) is 9.43. The highest BCUT2D eigenvalue weighted by molar-refractivity contribution is 5.98. The Hall–Kier alpha value is -2.57. The number of methoxy groups -OCH3 is 1. The lowest BCUT2D eigenvalue weighted by molar-refractivity contribution is -0.239. The van der Waals surface area contributed by atoms with E-state index in [1.807, 2.05) is 62.4 Å². The molecule has 0 bridgehead atoms. The third-order valence-electron chi connectivity index (χ3n) is 5.24. The number of rotatable bonds is 6. The van der Waals surface area contributed by atoms with E-state index in [1.54, 1.807) is 13.8 Å². The van der Waals surface area contributed by atoms with Crippen molar-refractivity contribution in [3.63, 3.8) is 0 Å². The van der Waals surface area contributed by atoms with Crippen molar-refractivity contribution in [3.05, 3.63) is 65.5 Å². The van der Waals surface area contributed by atoms with Crippen LogP contribution >= 0.6 is 0 Å². The average molecular weight is 385 g/mol. The molecule has 0 aromatic heterocycles. The van der Waals surface area contributed by atoms with Crippen LogP contribution in [-0.2, 0) is 14.4 Å². The first-order valence-electron chi connectivity index (χ1n) is 9.22. The van der Waals surface area contributed by atoms with Crippen LogP contribution in [0.25, 0.3) is 0 Å². The minimum absolute atomic E-state index is 0.0236. The monoisotopic (exact) mass is 385 g/mol. The molecule has 1 N–H and O–H groups in total. The Balaban J connectivity index is 2.03. The highest BCUT2D eigenvalue weighted by Gasteiger charge is 2.54. The lowest BCUT2D eigenvalue weighted by Gasteiger charge is -2.38. The standard InChI is InChI=1S/C22H27NO5/c1-15-10-9-13-22(4,28-16-11-7-6-8-12-16)18(15)17-19(24)21(2,3)23(20(17)25)27-14-26-5/h6-13,18,24H,14H2,1-5H3. The summed E-state index contributed by atoms with van der Waals surface area (Å²) in [4.78, 5) is 18.7. The van der Waals surface area contributed by atoms with Gasteiger partial charge in [0.05, 0.1) is 11.5 Å². The molecule has 0 fully saturated rings. The molecule has 2 aliphatic rings. The predicted octanol–water partition coefficient (Wildman–Crippen LogP) is 3.92. The maximum absolute atomic E-state index is 13.2. The van der Waals surface area contributed by atoms with Gasteiger partial charge in [0.1, 0.15) is 22.6 Å². The largest absolute Gasteiger partial charge is 0.509 e. The van der Waals surface area contributed by atoms with Crippen LogP contribution in [0.4, 0.5) is 0 Å². The van der Waals surface area contributed by atoms with Crippen molar-refractivity contribution in [2.24, 2.45) is 5.92 Å². The molecule has 3 rings (SSSR count). The fourth-order valence-electron chi connectivity index (χ4n) is 3.86. The molecule has 0 spiro atoms. The number of carbonyl (C=O) groups is 1. The molecule has 6 nitrogen and oxygen atoms in total. The number of aliphatic hydroxyl groups is 1. The molecule has 2 atom stereocenters. The summed E-state index contributed by atoms with van der Waals surface area (Å²) >= 11 is 0. The summed E-state index contributed by atoms with van der Waals surface area (Å²) in [5.41, 5.74) is -0.676. The Bertz CT molecular complexity index is 840. The van der Waals surface area contributed by atoms with Crippen molar-refractivity contribution in [2.45, 2.75) is 38.8 Å². The van der Waals surface area contributed by atoms with Crippen LogP contribution in [-0.4, -0.2) is 41.1 Å². The number of allylic oxidation sites excluding steroid dienone is 2. The zero-order valence-corrected chi connectivity index (χ0v) is 16.9. The van der Waals surface area contributed by atoms with Crippen LogP contribution in [0.3, 0.4) is 0 Å². The molecule has 0 saturated heterocycles. The zero-order valence-electron chi connectivity index (χ0n) is 16.9. The molecule has 6 heteroatoms. The molecule has 1 amide bonds. The smallest absolute Gasteiger partial charge is 0.278 e. The van der Waals surface area contributed by atoms with E-state index in [2.05, 4.69) is 0 Å². The van der Waals surface area contributed by atoms with Crippen molar-refractivity contribution in [1.29, 1.82) is 0 Å². The first-order valence-corrected chi connectivity index (χ1v) is 9.22. The van der Waals surface area contributed by atoms with Crippen molar-refractivity contribution >= 4 is 5.91 Å². The summed E-state index contributed by atoms with van der Waals surface area (Å²) in [5, 5.41) is 12.2. The number of nitrogens with zero attached hydrogens (tertiary/aromatic N) is 1. The van der Waals surface area contributed by atoms with E-state index in [-0.39, 0.29) is 18.1 Å². The number of para-hydroxylation sites is 1. The quantitative estimate of drug-likeness (QED) is 0.752. The second-order valence-electron chi connectivity index (χ2n) is 7.76. The van der Waals surface area contributed by atoms with E-state index in [0.717, 1.165) is 5.57 Å². The number of aliphatic hydroxyl groups excluding tert-OH is 1. The summed E-state index contributed by atoms with van der Waals surface area (Å²) < 4.78 is 11.2. The fraction of sp³-hybridized carbons (Fsp3) is 0.409. The predicted molar refractivity (Wildman–Crippen MR) is 105 cm³/mol. The van der Waals surface area contributed by atoms with Crippen LogP contribution < -0.4 is 4.74 Å². The van der Waals surface area contributed by atoms with E-state index in [1.165, 1.54) is 12.2 Å². The van der Waals surface area contributed by atoms with Crippen molar-refractivity contribution in [3.8, 4) is 5.75 Å². The molecule has 1 aromatic rings. The number of amides is 1. The molecule has 150 valence electrons. The molecule has 28 heavy (non-hydrogen) atoms. The Kier molecular flexibility index (Phi) is 5.37. The zero-order chi connectivity index (χ0) is 20.5. The van der Waals surface area contributed by atoms with Gasteiger partial charge in [-0.05, 0) is 45.9 Å². The van der Waals surface area contributed by atoms with Crippen LogP contribution in [0.15, 0.2) is 65.5 Å². The number of hydroxylamine groups is 2. The number of hydrogen-bond donors (Lipinski definition) is 1. The fourth-order valence-corrected chi connectivity index (χ4v) is 3.86. The molecule has 1 aliphatic carbocycles. The van der Waals surface area contributed by atoms with Crippen molar-refractivity contribution in [1.82, 2.24) is 5.06 Å². The summed E-state index contributed by atoms with van der Waals surface area (Å²) in [5.74, 6) is -0.202. The van der Waals surface area contributed by atoms with Gasteiger partial charge in [0, 0.05) is 7.11 Å². The third kappa shape index (κ3) is 3.34. The van der Waals surface area contributed by atoms with Gasteiger partial charge in [-0.15, -0.1) is 0 Å². The number of ether oxygens (including phenoxy) is 2. The van der Waals surface area contributed by atoms with Gasteiger partial charge in [0.2, 0.25) is 0 Å². The molecular weight excluding hydrogens is 358 g/mol.